The van der Waals surface area contributed by atoms with E-state index in [1.54, 1.807) is 9.80 Å². The lowest BCUT2D eigenvalue weighted by atomic mass is 9.95. The minimum atomic E-state index is -4.65. The normalized spacial score (nSPS) is 20.1. The van der Waals surface area contributed by atoms with Crippen molar-refractivity contribution in [1.29, 1.82) is 0 Å². The molecule has 2 amide bonds. The van der Waals surface area contributed by atoms with Gasteiger partial charge in [0, 0.05) is 44.4 Å². The third kappa shape index (κ3) is 4.68. The van der Waals surface area contributed by atoms with Crippen molar-refractivity contribution in [2.45, 2.75) is 32.0 Å². The minimum Gasteiger partial charge on any atom is -0.342 e. The molecule has 2 aliphatic heterocycles. The number of benzene rings is 1. The van der Waals surface area contributed by atoms with E-state index in [2.05, 4.69) is 4.98 Å². The molecule has 3 heterocycles. The number of carbonyl (C=O) groups is 2. The molecular weight excluding hydrogens is 425 g/mol. The Labute approximate surface area is 182 Å². The number of hydrogen-bond acceptors (Lipinski definition) is 4. The topological polar surface area (TPSA) is 75.5 Å². The van der Waals surface area contributed by atoms with Gasteiger partial charge in [0.25, 0.3) is 5.56 Å². The van der Waals surface area contributed by atoms with Gasteiger partial charge in [-0.2, -0.15) is 13.2 Å². The number of anilines is 1. The zero-order valence-electron chi connectivity index (χ0n) is 17.3. The zero-order chi connectivity index (χ0) is 22.9. The number of alkyl halides is 3. The number of likely N-dealkylation sites (tertiary alicyclic amines) is 1. The lowest BCUT2D eigenvalue weighted by Gasteiger charge is -2.33. The van der Waals surface area contributed by atoms with Gasteiger partial charge in [-0.3, -0.25) is 19.0 Å². The molecule has 2 aromatic rings. The van der Waals surface area contributed by atoms with Crippen LogP contribution >= 0.6 is 0 Å². The molecule has 1 aromatic heterocycles. The SMILES string of the molecule is O=C(C1CC(=O)N(c2ccccc2)C1)N1CCC(Cn2cnc(C(F)(F)F)cc2=O)CC1. The first-order valence-corrected chi connectivity index (χ1v) is 10.5. The summed E-state index contributed by atoms with van der Waals surface area (Å²) in [5, 5.41) is 0. The molecule has 1 aromatic carbocycles. The first-order chi connectivity index (χ1) is 15.2. The van der Waals surface area contributed by atoms with Gasteiger partial charge in [-0.05, 0) is 30.9 Å². The summed E-state index contributed by atoms with van der Waals surface area (Å²) in [7, 11) is 0. The average molecular weight is 448 g/mol. The highest BCUT2D eigenvalue weighted by molar-refractivity contribution is 6.00. The van der Waals surface area contributed by atoms with E-state index < -0.39 is 17.4 Å². The van der Waals surface area contributed by atoms with Crippen molar-refractivity contribution in [3.63, 3.8) is 0 Å². The maximum atomic E-state index is 12.9. The molecule has 32 heavy (non-hydrogen) atoms. The Kier molecular flexibility index (Phi) is 6.03. The fourth-order valence-corrected chi connectivity index (χ4v) is 4.32. The van der Waals surface area contributed by atoms with Gasteiger partial charge in [0.2, 0.25) is 11.8 Å². The van der Waals surface area contributed by atoms with Crippen molar-refractivity contribution in [1.82, 2.24) is 14.5 Å². The van der Waals surface area contributed by atoms with Gasteiger partial charge in [-0.15, -0.1) is 0 Å². The summed E-state index contributed by atoms with van der Waals surface area (Å²) in [5.74, 6) is -0.454. The monoisotopic (exact) mass is 448 g/mol. The first kappa shape index (κ1) is 22.0. The Morgan fingerprint density at radius 3 is 2.41 bits per heavy atom. The zero-order valence-corrected chi connectivity index (χ0v) is 17.3. The van der Waals surface area contributed by atoms with E-state index in [1.807, 2.05) is 30.3 Å². The van der Waals surface area contributed by atoms with Crippen molar-refractivity contribution in [2.75, 3.05) is 24.5 Å². The van der Waals surface area contributed by atoms with Crippen molar-refractivity contribution >= 4 is 17.5 Å². The summed E-state index contributed by atoms with van der Waals surface area (Å²) >= 11 is 0. The number of rotatable bonds is 4. The number of para-hydroxylation sites is 1. The van der Waals surface area contributed by atoms with Gasteiger partial charge in [-0.25, -0.2) is 4.98 Å². The number of aromatic nitrogens is 2. The van der Waals surface area contributed by atoms with Crippen molar-refractivity contribution in [2.24, 2.45) is 11.8 Å². The third-order valence-electron chi connectivity index (χ3n) is 6.09. The van der Waals surface area contributed by atoms with E-state index in [0.29, 0.717) is 38.5 Å². The van der Waals surface area contributed by atoms with Crippen LogP contribution in [-0.2, 0) is 22.3 Å². The van der Waals surface area contributed by atoms with Crippen LogP contribution < -0.4 is 10.5 Å². The number of carbonyl (C=O) groups excluding carboxylic acids is 2. The maximum Gasteiger partial charge on any atom is 0.433 e. The molecule has 10 heteroatoms. The smallest absolute Gasteiger partial charge is 0.342 e. The average Bonchev–Trinajstić information content (AvgIpc) is 3.16. The van der Waals surface area contributed by atoms with Crippen LogP contribution in [0, 0.1) is 11.8 Å². The summed E-state index contributed by atoms with van der Waals surface area (Å²) in [6, 6.07) is 9.75. The number of nitrogens with zero attached hydrogens (tertiary/aromatic N) is 4. The molecule has 0 N–H and O–H groups in total. The summed E-state index contributed by atoms with van der Waals surface area (Å²) < 4.78 is 39.2. The van der Waals surface area contributed by atoms with Crippen LogP contribution in [0.25, 0.3) is 0 Å². The Morgan fingerprint density at radius 1 is 1.09 bits per heavy atom. The van der Waals surface area contributed by atoms with Gasteiger partial charge in [0.05, 0.1) is 12.2 Å². The number of amides is 2. The molecule has 0 spiro atoms. The van der Waals surface area contributed by atoms with Crippen LogP contribution in [0.2, 0.25) is 0 Å². The van der Waals surface area contributed by atoms with Crippen LogP contribution in [0.3, 0.4) is 0 Å². The van der Waals surface area contributed by atoms with Gasteiger partial charge in [0.1, 0.15) is 0 Å². The number of hydrogen-bond donors (Lipinski definition) is 0. The Bertz CT molecular complexity index is 1050. The quantitative estimate of drug-likeness (QED) is 0.721. The standard InChI is InChI=1S/C22H23F3N4O3/c23-22(24,25)18-11-19(30)28(14-26-18)12-15-6-8-27(9-7-15)21(32)16-10-20(31)29(13-16)17-4-2-1-3-5-17/h1-5,11,14-16H,6-10,12-13H2. The molecule has 2 aliphatic rings. The van der Waals surface area contributed by atoms with Crippen LogP contribution in [0.1, 0.15) is 25.0 Å². The van der Waals surface area contributed by atoms with Crippen molar-refractivity contribution in [3.8, 4) is 0 Å². The van der Waals surface area contributed by atoms with E-state index in [1.165, 1.54) is 4.57 Å². The van der Waals surface area contributed by atoms with E-state index >= 15 is 0 Å². The number of halogens is 3. The lowest BCUT2D eigenvalue weighted by Crippen LogP contribution is -2.43. The van der Waals surface area contributed by atoms with Crippen molar-refractivity contribution < 1.29 is 22.8 Å². The highest BCUT2D eigenvalue weighted by Crippen LogP contribution is 2.28. The highest BCUT2D eigenvalue weighted by atomic mass is 19.4. The van der Waals surface area contributed by atoms with Gasteiger partial charge >= 0.3 is 6.18 Å². The summed E-state index contributed by atoms with van der Waals surface area (Å²) in [5.41, 5.74) is -1.16. The molecule has 2 fully saturated rings. The molecule has 0 bridgehead atoms. The lowest BCUT2D eigenvalue weighted by molar-refractivity contribution is -0.141. The predicted octanol–water partition coefficient (Wildman–Crippen LogP) is 2.55. The number of piperidine rings is 1. The molecule has 1 atom stereocenters. The summed E-state index contributed by atoms with van der Waals surface area (Å²) in [6.07, 6.45) is -2.28. The predicted molar refractivity (Wildman–Crippen MR) is 110 cm³/mol. The first-order valence-electron chi connectivity index (χ1n) is 10.5. The fourth-order valence-electron chi connectivity index (χ4n) is 4.32. The molecule has 7 nitrogen and oxygen atoms in total. The summed E-state index contributed by atoms with van der Waals surface area (Å²) in [4.78, 5) is 44.1. The molecule has 170 valence electrons. The molecule has 0 aliphatic carbocycles. The molecule has 0 radical (unpaired) electrons. The second-order valence-corrected chi connectivity index (χ2v) is 8.27. The van der Waals surface area contributed by atoms with Crippen LogP contribution in [-0.4, -0.2) is 45.9 Å². The Morgan fingerprint density at radius 2 is 1.78 bits per heavy atom. The Hall–Kier alpha value is -3.17. The van der Waals surface area contributed by atoms with Crippen LogP contribution in [0.15, 0.2) is 47.5 Å². The summed E-state index contributed by atoms with van der Waals surface area (Å²) in [6.45, 7) is 1.59. The molecule has 2 saturated heterocycles. The van der Waals surface area contributed by atoms with Crippen molar-refractivity contribution in [3.05, 3.63) is 58.8 Å². The van der Waals surface area contributed by atoms with E-state index in [0.717, 1.165) is 12.0 Å². The Balaban J connectivity index is 1.32. The highest BCUT2D eigenvalue weighted by Gasteiger charge is 2.38. The van der Waals surface area contributed by atoms with E-state index in [9.17, 15) is 27.6 Å². The molecule has 1 unspecified atom stereocenters. The van der Waals surface area contributed by atoms with Gasteiger partial charge in [-0.1, -0.05) is 18.2 Å². The third-order valence-corrected chi connectivity index (χ3v) is 6.09. The largest absolute Gasteiger partial charge is 0.433 e. The minimum absolute atomic E-state index is 0.0522. The maximum absolute atomic E-state index is 12.9. The van der Waals surface area contributed by atoms with E-state index in [-0.39, 0.29) is 36.6 Å². The van der Waals surface area contributed by atoms with E-state index in [4.69, 9.17) is 0 Å². The second kappa shape index (κ2) is 8.76. The molecule has 0 saturated carbocycles. The molecular formula is C22H23F3N4O3. The molecule has 4 rings (SSSR count). The van der Waals surface area contributed by atoms with Gasteiger partial charge in [0.15, 0.2) is 5.69 Å². The second-order valence-electron chi connectivity index (χ2n) is 8.27. The van der Waals surface area contributed by atoms with Crippen LogP contribution in [0.5, 0.6) is 0 Å². The fraction of sp³-hybridized carbons (Fsp3) is 0.455. The van der Waals surface area contributed by atoms with Crippen LogP contribution in [0.4, 0.5) is 18.9 Å². The van der Waals surface area contributed by atoms with Gasteiger partial charge < -0.3 is 9.80 Å².